The van der Waals surface area contributed by atoms with E-state index < -0.39 is 44.3 Å². The summed E-state index contributed by atoms with van der Waals surface area (Å²) in [6.45, 7) is 6.55. The molecule has 0 saturated carbocycles. The van der Waals surface area contributed by atoms with Gasteiger partial charge in [0.1, 0.15) is 34.0 Å². The zero-order valence-corrected chi connectivity index (χ0v) is 25.6. The largest absolute Gasteiger partial charge is 0.507 e. The standard InChI is InChI=1S/C31H33N3O9S/c1-15-27(38)25(17(3)35)29-26(28(15)39)31(4)22(43-29)11-21(36)24(30(31)40)16(2)32-8-9-44(41,42)33-12-18-10-19(14-33)20-6-5-7-23(37)34(20)13-18/h5-7,11,18-19,32,38-39H,8-10,12-14H2,1-4H3/b24-16+/t18-,19+,31+/m0/s1. The van der Waals surface area contributed by atoms with Crippen molar-refractivity contribution in [3.8, 4) is 17.2 Å². The highest BCUT2D eigenvalue weighted by Gasteiger charge is 2.56. The Hall–Kier alpha value is -4.23. The normalized spacial score (nSPS) is 25.4. The summed E-state index contributed by atoms with van der Waals surface area (Å²) < 4.78 is 35.7. The van der Waals surface area contributed by atoms with Crippen molar-refractivity contribution in [3.63, 3.8) is 0 Å². The quantitative estimate of drug-likeness (QED) is 0.245. The van der Waals surface area contributed by atoms with E-state index in [-0.39, 0.29) is 75.7 Å². The van der Waals surface area contributed by atoms with Crippen LogP contribution in [0.3, 0.4) is 0 Å². The Bertz CT molecular complexity index is 1910. The number of Topliss-reactive ketones (excluding diaryl/α,β-unsaturated/α-hetero) is 2. The number of ether oxygens (including phenoxy) is 1. The molecule has 4 aliphatic rings. The molecule has 3 atom stereocenters. The van der Waals surface area contributed by atoms with Crippen LogP contribution in [0.15, 0.2) is 46.1 Å². The molecule has 44 heavy (non-hydrogen) atoms. The third-order valence-corrected chi connectivity index (χ3v) is 11.2. The van der Waals surface area contributed by atoms with Gasteiger partial charge in [-0.25, -0.2) is 12.7 Å². The molecule has 6 rings (SSSR count). The van der Waals surface area contributed by atoms with Crippen molar-refractivity contribution in [3.05, 3.63) is 74.0 Å². The Morgan fingerprint density at radius 3 is 2.55 bits per heavy atom. The first-order valence-electron chi connectivity index (χ1n) is 14.4. The summed E-state index contributed by atoms with van der Waals surface area (Å²) in [5, 5.41) is 24.4. The zero-order valence-electron chi connectivity index (χ0n) is 24.8. The summed E-state index contributed by atoms with van der Waals surface area (Å²) >= 11 is 0. The molecule has 13 heteroatoms. The number of piperidine rings is 1. The van der Waals surface area contributed by atoms with Gasteiger partial charge in [0, 0.05) is 61.2 Å². The highest BCUT2D eigenvalue weighted by Crippen LogP contribution is 2.57. The monoisotopic (exact) mass is 623 g/mol. The fourth-order valence-electron chi connectivity index (χ4n) is 7.03. The van der Waals surface area contributed by atoms with Crippen LogP contribution in [0, 0.1) is 12.8 Å². The molecule has 1 aromatic carbocycles. The van der Waals surface area contributed by atoms with E-state index >= 15 is 0 Å². The maximum atomic E-state index is 14.0. The second kappa shape index (κ2) is 10.2. The minimum atomic E-state index is -3.71. The molecule has 1 aliphatic carbocycles. The Balaban J connectivity index is 1.23. The van der Waals surface area contributed by atoms with Crippen molar-refractivity contribution in [1.29, 1.82) is 0 Å². The molecule has 0 spiro atoms. The van der Waals surface area contributed by atoms with Crippen LogP contribution < -0.4 is 15.6 Å². The van der Waals surface area contributed by atoms with E-state index in [1.54, 1.807) is 10.6 Å². The van der Waals surface area contributed by atoms with Crippen molar-refractivity contribution < 1.29 is 37.8 Å². The van der Waals surface area contributed by atoms with Crippen LogP contribution in [0.2, 0.25) is 0 Å². The molecular formula is C31H33N3O9S. The van der Waals surface area contributed by atoms with Gasteiger partial charge >= 0.3 is 0 Å². The number of nitrogens with one attached hydrogen (secondary N) is 1. The predicted octanol–water partition coefficient (Wildman–Crippen LogP) is 1.77. The van der Waals surface area contributed by atoms with Crippen LogP contribution in [0.5, 0.6) is 17.2 Å². The maximum absolute atomic E-state index is 14.0. The number of nitrogens with zero attached hydrogens (tertiary/aromatic N) is 2. The van der Waals surface area contributed by atoms with Gasteiger partial charge in [0.15, 0.2) is 17.3 Å². The molecule has 3 N–H and O–H groups in total. The van der Waals surface area contributed by atoms with Gasteiger partial charge in [-0.05, 0) is 46.1 Å². The fraction of sp³-hybridized carbons (Fsp3) is 0.419. The Kier molecular flexibility index (Phi) is 6.89. The number of allylic oxidation sites excluding steroid dienone is 4. The lowest BCUT2D eigenvalue weighted by Gasteiger charge is -2.42. The van der Waals surface area contributed by atoms with E-state index in [1.165, 1.54) is 38.1 Å². The smallest absolute Gasteiger partial charge is 0.250 e. The molecule has 2 bridgehead atoms. The van der Waals surface area contributed by atoms with Crippen molar-refractivity contribution in [2.24, 2.45) is 5.92 Å². The van der Waals surface area contributed by atoms with Crippen molar-refractivity contribution in [1.82, 2.24) is 14.2 Å². The third kappa shape index (κ3) is 4.32. The molecule has 3 aliphatic heterocycles. The topological polar surface area (TPSA) is 172 Å². The number of sulfonamides is 1. The number of phenols is 2. The molecule has 0 unspecified atom stereocenters. The highest BCUT2D eigenvalue weighted by atomic mass is 32.2. The maximum Gasteiger partial charge on any atom is 0.250 e. The number of fused-ring (bicyclic) bond motifs is 7. The van der Waals surface area contributed by atoms with E-state index in [4.69, 9.17) is 4.74 Å². The summed E-state index contributed by atoms with van der Waals surface area (Å²) in [6, 6.07) is 5.07. The molecule has 0 radical (unpaired) electrons. The van der Waals surface area contributed by atoms with Crippen LogP contribution in [0.1, 0.15) is 60.3 Å². The van der Waals surface area contributed by atoms with E-state index in [0.29, 0.717) is 13.1 Å². The van der Waals surface area contributed by atoms with Gasteiger partial charge in [-0.3, -0.25) is 19.2 Å². The van der Waals surface area contributed by atoms with Crippen LogP contribution in [-0.4, -0.2) is 70.2 Å². The SMILES string of the molecule is CC(=O)c1c(O)c(C)c(O)c2c1OC1=CC(=O)/C(=C(/C)NCCS(=O)(=O)N3C[C@@H]4C[C@H](C3)c3cccc(=O)n3C4)C(=O)[C@]12C. The Morgan fingerprint density at radius 1 is 1.11 bits per heavy atom. The van der Waals surface area contributed by atoms with Crippen LogP contribution in [0.4, 0.5) is 0 Å². The molecule has 1 fully saturated rings. The highest BCUT2D eigenvalue weighted by molar-refractivity contribution is 7.89. The van der Waals surface area contributed by atoms with Gasteiger partial charge in [-0.2, -0.15) is 0 Å². The number of benzene rings is 1. The van der Waals surface area contributed by atoms with Gasteiger partial charge in [0.2, 0.25) is 10.0 Å². The van der Waals surface area contributed by atoms with Gasteiger partial charge < -0.3 is 24.8 Å². The fourth-order valence-corrected chi connectivity index (χ4v) is 8.49. The van der Waals surface area contributed by atoms with Crippen molar-refractivity contribution in [2.75, 3.05) is 25.4 Å². The minimum Gasteiger partial charge on any atom is -0.507 e. The number of aromatic nitrogens is 1. The van der Waals surface area contributed by atoms with Crippen molar-refractivity contribution >= 4 is 27.4 Å². The lowest BCUT2D eigenvalue weighted by atomic mass is 9.70. The number of pyridine rings is 1. The molecular weight excluding hydrogens is 590 g/mol. The summed E-state index contributed by atoms with van der Waals surface area (Å²) in [5.74, 6) is -3.41. The van der Waals surface area contributed by atoms with Crippen LogP contribution in [0.25, 0.3) is 0 Å². The van der Waals surface area contributed by atoms with Crippen LogP contribution >= 0.6 is 0 Å². The molecule has 0 amide bonds. The molecule has 2 aromatic rings. The number of hydrogen-bond donors (Lipinski definition) is 3. The second-order valence-corrected chi connectivity index (χ2v) is 14.2. The predicted molar refractivity (Wildman–Crippen MR) is 158 cm³/mol. The third-order valence-electron chi connectivity index (χ3n) is 9.35. The molecule has 232 valence electrons. The molecule has 1 aromatic heterocycles. The lowest BCUT2D eigenvalue weighted by Crippen LogP contribution is -2.50. The first-order chi connectivity index (χ1) is 20.7. The van der Waals surface area contributed by atoms with Gasteiger partial charge in [-0.1, -0.05) is 6.07 Å². The number of phenolic OH excluding ortho intramolecular Hbond substituents is 2. The first kappa shape index (κ1) is 29.8. The average Bonchev–Trinajstić information content (AvgIpc) is 3.24. The molecule has 4 heterocycles. The van der Waals surface area contributed by atoms with E-state index in [2.05, 4.69) is 5.32 Å². The van der Waals surface area contributed by atoms with Crippen LogP contribution in [-0.2, 0) is 31.6 Å². The number of hydrogen-bond acceptors (Lipinski definition) is 10. The summed E-state index contributed by atoms with van der Waals surface area (Å²) in [6.07, 6.45) is 1.93. The number of carbonyl (C=O) groups excluding carboxylic acids is 3. The summed E-state index contributed by atoms with van der Waals surface area (Å²) in [4.78, 5) is 51.8. The number of ketones is 3. The summed E-state index contributed by atoms with van der Waals surface area (Å²) in [5.41, 5.74) is -1.20. The summed E-state index contributed by atoms with van der Waals surface area (Å²) in [7, 11) is -3.71. The van der Waals surface area contributed by atoms with E-state index in [9.17, 15) is 37.8 Å². The average molecular weight is 624 g/mol. The zero-order chi connectivity index (χ0) is 31.9. The number of carbonyl (C=O) groups is 3. The molecule has 12 nitrogen and oxygen atoms in total. The van der Waals surface area contributed by atoms with Gasteiger partial charge in [0.05, 0.1) is 16.9 Å². The first-order valence-corrected chi connectivity index (χ1v) is 16.0. The number of aromatic hydroxyl groups is 2. The Morgan fingerprint density at radius 2 is 1.84 bits per heavy atom. The van der Waals surface area contributed by atoms with Gasteiger partial charge in [0.25, 0.3) is 5.56 Å². The molecule has 1 saturated heterocycles. The Labute approximate surface area is 253 Å². The van der Waals surface area contributed by atoms with Crippen molar-refractivity contribution in [2.45, 2.75) is 52.0 Å². The minimum absolute atomic E-state index is 0.00675. The number of rotatable bonds is 6. The lowest BCUT2D eigenvalue weighted by molar-refractivity contribution is -0.123. The van der Waals surface area contributed by atoms with E-state index in [1.807, 2.05) is 6.07 Å². The second-order valence-electron chi connectivity index (χ2n) is 12.1. The van der Waals surface area contributed by atoms with E-state index in [0.717, 1.165) is 18.2 Å². The van der Waals surface area contributed by atoms with Gasteiger partial charge in [-0.15, -0.1) is 0 Å².